The molecule has 0 radical (unpaired) electrons. The minimum atomic E-state index is -3.97. The number of hydrogen-bond acceptors (Lipinski definition) is 21. The number of carbonyl (C=O) groups excluding carboxylic acids is 4. The van der Waals surface area contributed by atoms with Crippen LogP contribution in [0.4, 0.5) is 0 Å². The molecule has 0 bridgehead atoms. The third-order valence-electron chi connectivity index (χ3n) is 20.6. The van der Waals surface area contributed by atoms with Crippen LogP contribution in [0.5, 0.6) is 34.5 Å². The van der Waals surface area contributed by atoms with Gasteiger partial charge in [0.1, 0.15) is 17.3 Å². The van der Waals surface area contributed by atoms with E-state index in [1.165, 1.54) is 24.3 Å². The van der Waals surface area contributed by atoms with Crippen molar-refractivity contribution in [2.45, 2.75) is 116 Å². The normalized spacial score (nSPS) is 15.6. The van der Waals surface area contributed by atoms with E-state index in [-0.39, 0.29) is 86.2 Å². The van der Waals surface area contributed by atoms with Gasteiger partial charge in [-0.3, -0.25) is 34.1 Å². The molecule has 15 rings (SSSR count). The van der Waals surface area contributed by atoms with Gasteiger partial charge in [-0.05, 0) is 177 Å². The van der Waals surface area contributed by atoms with E-state index in [1.54, 1.807) is 62.3 Å². The Morgan fingerprint density at radius 1 is 0.486 bits per heavy atom. The van der Waals surface area contributed by atoms with Gasteiger partial charge in [-0.2, -0.15) is 0 Å². The monoisotopic (exact) mass is 1500 g/mol. The third-order valence-corrected chi connectivity index (χ3v) is 23.7. The van der Waals surface area contributed by atoms with Crippen molar-refractivity contribution in [3.63, 3.8) is 0 Å². The third kappa shape index (κ3) is 16.1. The summed E-state index contributed by atoms with van der Waals surface area (Å²) in [6.07, 6.45) is 5.68. The number of aromatic nitrogens is 3. The number of aliphatic hydroxyl groups excluding tert-OH is 4. The average molecular weight is 1500 g/mol. The number of amides is 1. The number of nitrogens with zero attached hydrogens (tertiary/aromatic N) is 4. The van der Waals surface area contributed by atoms with Crippen LogP contribution < -0.4 is 37.9 Å². The van der Waals surface area contributed by atoms with Gasteiger partial charge in [0.15, 0.2) is 34.5 Å². The Balaban J connectivity index is 0.000000207. The van der Waals surface area contributed by atoms with Crippen molar-refractivity contribution in [1.82, 2.24) is 29.3 Å². The first kappa shape index (κ1) is 75.0. The first-order valence-electron chi connectivity index (χ1n) is 35.2. The van der Waals surface area contributed by atoms with Crippen LogP contribution in [0.1, 0.15) is 109 Å². The predicted octanol–water partition coefficient (Wildman–Crippen LogP) is 10.2. The molecule has 9 aromatic rings. The molecular weight excluding hydrogens is 1410 g/mol. The number of rotatable bonds is 27. The van der Waals surface area contributed by atoms with E-state index in [0.717, 1.165) is 83.5 Å². The summed E-state index contributed by atoms with van der Waals surface area (Å²) in [5.41, 5.74) is 8.04. The zero-order chi connectivity index (χ0) is 75.5. The van der Waals surface area contributed by atoms with Gasteiger partial charge in [-0.25, -0.2) is 26.3 Å². The highest BCUT2D eigenvalue weighted by Gasteiger charge is 2.53. The molecule has 566 valence electrons. The van der Waals surface area contributed by atoms with Crippen molar-refractivity contribution in [3.8, 4) is 68.1 Å². The second-order valence-electron chi connectivity index (χ2n) is 27.8. The van der Waals surface area contributed by atoms with Gasteiger partial charge in [0.05, 0.1) is 75.4 Å². The summed E-state index contributed by atoms with van der Waals surface area (Å²) in [5, 5.41) is 37.5. The van der Waals surface area contributed by atoms with Gasteiger partial charge >= 0.3 is 0 Å². The zero-order valence-electron chi connectivity index (χ0n) is 59.5. The van der Waals surface area contributed by atoms with Crippen LogP contribution in [-0.2, 0) is 69.9 Å². The first-order chi connectivity index (χ1) is 51.4. The number of aliphatic hydroxyl groups is 4. The number of ether oxygens (including phenoxy) is 6. The number of fused-ring (bicyclic) bond motifs is 3. The Morgan fingerprint density at radius 2 is 0.888 bits per heavy atom. The molecule has 0 unspecified atom stereocenters. The van der Waals surface area contributed by atoms with Gasteiger partial charge in [0.2, 0.25) is 40.4 Å². The standard InChI is InChI=1S/C28H30N2O7S.C27H26N2O4.C26H26N2O7S.5H2/c1-2-27(16-31,17-32)30-38(34,35)22-9-6-19(7-10-22)23-5-3-4-21(29-23)15-26(33)28(12-13-28)20-8-11-24-25(14-20)37-18-36-24;1-17-22(18-5-4-6-19(13-18)26(31)29(2)3)9-8-21(28-17)15-25(30)27(11-12-27)20-7-10-23-24(14-20)33-16-32-23;29-14-20(15-30)28-36(32,33)21-7-4-17(5-8-21)22-3-1-2-19(27-22)13-25(31)26(10-11-26)18-6-9-23-24(12-18)35-16-34-23;;;;;/h3-11,14,30-32H,2,12-13,15-18H2,1H3;4-10,13-14H,11-12,15-16H2,1-3H3;1-9,12,20,28-30H,10-11,13-16H2;5*1H. The molecule has 6 aromatic carbocycles. The van der Waals surface area contributed by atoms with Crippen LogP contribution in [0.15, 0.2) is 186 Å². The van der Waals surface area contributed by atoms with Crippen molar-refractivity contribution in [1.29, 1.82) is 0 Å². The molecule has 24 nitrogen and oxygen atoms in total. The molecule has 3 aromatic heterocycles. The van der Waals surface area contributed by atoms with Crippen LogP contribution >= 0.6 is 0 Å². The molecule has 3 aliphatic heterocycles. The topological polar surface area (TPSA) is 339 Å². The largest absolute Gasteiger partial charge is 0.454 e. The number of pyridine rings is 3. The molecule has 0 atom stereocenters. The second-order valence-corrected chi connectivity index (χ2v) is 31.2. The maximum atomic E-state index is 13.4. The van der Waals surface area contributed by atoms with Crippen LogP contribution in [0.2, 0.25) is 0 Å². The summed E-state index contributed by atoms with van der Waals surface area (Å²) >= 11 is 0. The maximum Gasteiger partial charge on any atom is 0.253 e. The molecule has 107 heavy (non-hydrogen) atoms. The van der Waals surface area contributed by atoms with E-state index in [2.05, 4.69) is 19.4 Å². The molecule has 0 saturated heterocycles. The summed E-state index contributed by atoms with van der Waals surface area (Å²) in [6, 6.07) is 50.8. The van der Waals surface area contributed by atoms with E-state index in [0.29, 0.717) is 68.2 Å². The van der Waals surface area contributed by atoms with Crippen molar-refractivity contribution in [2.24, 2.45) is 0 Å². The molecule has 3 saturated carbocycles. The molecular formula is C81H92N6O18S2. The second kappa shape index (κ2) is 30.9. The fourth-order valence-electron chi connectivity index (χ4n) is 13.5. The van der Waals surface area contributed by atoms with Gasteiger partial charge in [-0.15, -0.1) is 0 Å². The lowest BCUT2D eigenvalue weighted by molar-refractivity contribution is -0.121. The quantitative estimate of drug-likeness (QED) is 0.0279. The zero-order valence-corrected chi connectivity index (χ0v) is 61.1. The van der Waals surface area contributed by atoms with Crippen molar-refractivity contribution < 1.29 is 92.0 Å². The minimum absolute atomic E-state index is 0. The molecule has 6 N–H and O–H groups in total. The van der Waals surface area contributed by atoms with E-state index < -0.39 is 74.3 Å². The summed E-state index contributed by atoms with van der Waals surface area (Å²) in [6.45, 7) is 2.14. The van der Waals surface area contributed by atoms with Crippen LogP contribution in [-0.4, -0.2) is 153 Å². The highest BCUT2D eigenvalue weighted by molar-refractivity contribution is 7.89. The van der Waals surface area contributed by atoms with E-state index in [4.69, 9.17) is 43.6 Å². The Morgan fingerprint density at radius 3 is 1.27 bits per heavy atom. The Bertz CT molecular complexity index is 5110. The Kier molecular flexibility index (Phi) is 21.6. The SMILES string of the molecule is CCC(CO)(CO)NS(=O)(=O)c1ccc(-c2cccc(CC(=O)C3(c4ccc5c(c4)OCO5)CC3)n2)cc1.Cc1nc(CC(=O)C2(c3ccc4c(c3)OCO4)CC2)ccc1-c1cccc(C(=O)N(C)C)c1.O=C(Cc1cccc(-c2ccc(S(=O)(=O)NC(CO)CO)cc2)n1)C1(c2ccc3c(c2)OCO3)CC1.[HH].[HH].[HH].[HH].[HH]. The fraction of sp³-hybridized carbons (Fsp3) is 0.321. The summed E-state index contributed by atoms with van der Waals surface area (Å²) < 4.78 is 87.9. The fourth-order valence-corrected chi connectivity index (χ4v) is 16.2. The summed E-state index contributed by atoms with van der Waals surface area (Å²) in [4.78, 5) is 67.9. The van der Waals surface area contributed by atoms with Gasteiger partial charge in [0, 0.05) is 85.5 Å². The summed E-state index contributed by atoms with van der Waals surface area (Å²) in [5.74, 6) is 4.47. The van der Waals surface area contributed by atoms with Crippen LogP contribution in [0, 0.1) is 6.92 Å². The van der Waals surface area contributed by atoms with Gasteiger partial charge in [0.25, 0.3) is 5.91 Å². The number of benzene rings is 6. The summed E-state index contributed by atoms with van der Waals surface area (Å²) in [7, 11) is -4.39. The Hall–Kier alpha value is -10.3. The molecule has 0 spiro atoms. The Labute approximate surface area is 627 Å². The van der Waals surface area contributed by atoms with Crippen LogP contribution in [0.3, 0.4) is 0 Å². The molecule has 6 heterocycles. The number of Topliss-reactive ketones (excluding diaryl/α,β-unsaturated/α-hetero) is 3. The van der Waals surface area contributed by atoms with E-state index in [9.17, 15) is 46.2 Å². The lowest BCUT2D eigenvalue weighted by Crippen LogP contribution is -2.53. The van der Waals surface area contributed by atoms with Crippen molar-refractivity contribution >= 4 is 43.3 Å². The van der Waals surface area contributed by atoms with E-state index >= 15 is 0 Å². The number of carbonyl (C=O) groups is 4. The molecule has 6 aliphatic rings. The number of aryl methyl sites for hydroxylation is 1. The first-order valence-corrected chi connectivity index (χ1v) is 38.1. The number of ketones is 3. The van der Waals surface area contributed by atoms with Crippen LogP contribution in [0.25, 0.3) is 33.6 Å². The molecule has 3 aliphatic carbocycles. The lowest BCUT2D eigenvalue weighted by atomic mass is 9.88. The maximum absolute atomic E-state index is 13.4. The number of nitrogens with one attached hydrogen (secondary N) is 2. The predicted molar refractivity (Wildman–Crippen MR) is 405 cm³/mol. The number of sulfonamides is 2. The molecule has 26 heteroatoms. The van der Waals surface area contributed by atoms with Crippen molar-refractivity contribution in [2.75, 3.05) is 60.9 Å². The van der Waals surface area contributed by atoms with E-state index in [1.807, 2.05) is 122 Å². The lowest BCUT2D eigenvalue weighted by Gasteiger charge is -2.29. The van der Waals surface area contributed by atoms with Gasteiger partial charge in [-0.1, -0.05) is 79.7 Å². The molecule has 1 amide bonds. The smallest absolute Gasteiger partial charge is 0.253 e. The molecule has 3 fully saturated rings. The minimum Gasteiger partial charge on any atom is -0.454 e. The number of hydrogen-bond donors (Lipinski definition) is 6. The van der Waals surface area contributed by atoms with Gasteiger partial charge < -0.3 is 53.7 Å². The average Bonchev–Trinajstić information content (AvgIpc) is 1.60. The highest BCUT2D eigenvalue weighted by Crippen LogP contribution is 2.54. The van der Waals surface area contributed by atoms with Crippen molar-refractivity contribution in [3.05, 3.63) is 221 Å². The highest BCUT2D eigenvalue weighted by atomic mass is 32.2.